The van der Waals surface area contributed by atoms with E-state index in [1.54, 1.807) is 0 Å². The Hall–Kier alpha value is -0.570. The van der Waals surface area contributed by atoms with Gasteiger partial charge in [0.15, 0.2) is 0 Å². The second-order valence-electron chi connectivity index (χ2n) is 5.77. The summed E-state index contributed by atoms with van der Waals surface area (Å²) in [6.07, 6.45) is 8.88. The van der Waals surface area contributed by atoms with E-state index in [0.717, 1.165) is 51.4 Å². The van der Waals surface area contributed by atoms with E-state index >= 15 is 0 Å². The summed E-state index contributed by atoms with van der Waals surface area (Å²) in [5.74, 6) is 0.465. The molecule has 17 heavy (non-hydrogen) atoms. The van der Waals surface area contributed by atoms with Gasteiger partial charge in [-0.2, -0.15) is 0 Å². The van der Waals surface area contributed by atoms with Crippen molar-refractivity contribution in [2.75, 3.05) is 0 Å². The van der Waals surface area contributed by atoms with Crippen molar-refractivity contribution in [1.82, 2.24) is 5.32 Å². The summed E-state index contributed by atoms with van der Waals surface area (Å²) in [6.45, 7) is 2.18. The molecule has 1 amide bonds. The van der Waals surface area contributed by atoms with Crippen molar-refractivity contribution >= 4 is 5.91 Å². The fraction of sp³-hybridized carbons (Fsp3) is 0.929. The summed E-state index contributed by atoms with van der Waals surface area (Å²) in [4.78, 5) is 11.7. The molecule has 0 aromatic rings. The second-order valence-corrected chi connectivity index (χ2v) is 5.77. The van der Waals surface area contributed by atoms with Gasteiger partial charge in [0.1, 0.15) is 0 Å². The Kier molecular flexibility index (Phi) is 4.08. The summed E-state index contributed by atoms with van der Waals surface area (Å²) in [7, 11) is 0. The van der Waals surface area contributed by atoms with Gasteiger partial charge in [-0.05, 0) is 38.5 Å². The van der Waals surface area contributed by atoms with E-state index < -0.39 is 0 Å². The Morgan fingerprint density at radius 1 is 1.41 bits per heavy atom. The number of aliphatic hydroxyl groups excluding tert-OH is 1. The lowest BCUT2D eigenvalue weighted by molar-refractivity contribution is -0.129. The molecule has 2 fully saturated rings. The minimum atomic E-state index is -0.214. The SMILES string of the molecule is CCCCC1C(O)CCCC12CCCC(=O)N2. The maximum Gasteiger partial charge on any atom is 0.220 e. The van der Waals surface area contributed by atoms with Crippen molar-refractivity contribution in [2.24, 2.45) is 5.92 Å². The van der Waals surface area contributed by atoms with Crippen LogP contribution in [0, 0.1) is 5.92 Å². The molecule has 1 saturated carbocycles. The van der Waals surface area contributed by atoms with Gasteiger partial charge in [0, 0.05) is 17.9 Å². The zero-order valence-electron chi connectivity index (χ0n) is 10.9. The van der Waals surface area contributed by atoms with Crippen molar-refractivity contribution in [1.29, 1.82) is 0 Å². The van der Waals surface area contributed by atoms with Gasteiger partial charge < -0.3 is 10.4 Å². The normalized spacial score (nSPS) is 38.1. The van der Waals surface area contributed by atoms with E-state index in [4.69, 9.17) is 0 Å². The lowest BCUT2D eigenvalue weighted by Crippen LogP contribution is -2.60. The first-order valence-corrected chi connectivity index (χ1v) is 7.17. The fourth-order valence-corrected chi connectivity index (χ4v) is 3.71. The van der Waals surface area contributed by atoms with Crippen LogP contribution in [0.5, 0.6) is 0 Å². The van der Waals surface area contributed by atoms with Gasteiger partial charge in [-0.1, -0.05) is 19.8 Å². The lowest BCUT2D eigenvalue weighted by Gasteiger charge is -2.49. The van der Waals surface area contributed by atoms with Crippen LogP contribution < -0.4 is 5.32 Å². The molecule has 1 aliphatic heterocycles. The summed E-state index contributed by atoms with van der Waals surface area (Å²) in [6, 6.07) is 0. The minimum Gasteiger partial charge on any atom is -0.393 e. The third-order valence-corrected chi connectivity index (χ3v) is 4.58. The maximum atomic E-state index is 11.7. The summed E-state index contributed by atoms with van der Waals surface area (Å²) < 4.78 is 0. The number of hydrogen-bond acceptors (Lipinski definition) is 2. The lowest BCUT2D eigenvalue weighted by atomic mass is 9.65. The average Bonchev–Trinajstić information content (AvgIpc) is 2.28. The number of piperidine rings is 1. The molecule has 0 bridgehead atoms. The zero-order valence-corrected chi connectivity index (χ0v) is 10.9. The van der Waals surface area contributed by atoms with E-state index in [1.165, 1.54) is 0 Å². The van der Waals surface area contributed by atoms with Crippen LogP contribution >= 0.6 is 0 Å². The number of aliphatic hydroxyl groups is 1. The van der Waals surface area contributed by atoms with E-state index in [-0.39, 0.29) is 23.5 Å². The first-order chi connectivity index (χ1) is 8.18. The van der Waals surface area contributed by atoms with Gasteiger partial charge in [0.2, 0.25) is 5.91 Å². The molecule has 2 aliphatic rings. The van der Waals surface area contributed by atoms with Crippen LogP contribution in [0.25, 0.3) is 0 Å². The monoisotopic (exact) mass is 239 g/mol. The highest BCUT2D eigenvalue weighted by atomic mass is 16.3. The van der Waals surface area contributed by atoms with E-state index in [9.17, 15) is 9.90 Å². The number of unbranched alkanes of at least 4 members (excludes halogenated alkanes) is 1. The summed E-state index contributed by atoms with van der Waals surface area (Å²) in [5, 5.41) is 13.5. The van der Waals surface area contributed by atoms with E-state index in [1.807, 2.05) is 0 Å². The Morgan fingerprint density at radius 3 is 2.88 bits per heavy atom. The van der Waals surface area contributed by atoms with Crippen molar-refractivity contribution in [3.8, 4) is 0 Å². The zero-order chi connectivity index (χ0) is 12.3. The Bertz CT molecular complexity index is 275. The van der Waals surface area contributed by atoms with Crippen molar-refractivity contribution in [2.45, 2.75) is 76.4 Å². The maximum absolute atomic E-state index is 11.7. The van der Waals surface area contributed by atoms with Crippen molar-refractivity contribution in [3.63, 3.8) is 0 Å². The van der Waals surface area contributed by atoms with Crippen molar-refractivity contribution in [3.05, 3.63) is 0 Å². The number of carbonyl (C=O) groups excluding carboxylic acids is 1. The fourth-order valence-electron chi connectivity index (χ4n) is 3.71. The molecule has 2 N–H and O–H groups in total. The van der Waals surface area contributed by atoms with Crippen LogP contribution in [0.3, 0.4) is 0 Å². The molecule has 1 aliphatic carbocycles. The Morgan fingerprint density at radius 2 is 2.18 bits per heavy atom. The van der Waals surface area contributed by atoms with Gasteiger partial charge in [0.05, 0.1) is 6.10 Å². The topological polar surface area (TPSA) is 49.3 Å². The van der Waals surface area contributed by atoms with Crippen LogP contribution in [-0.4, -0.2) is 22.7 Å². The molecule has 1 saturated heterocycles. The molecule has 2 rings (SSSR count). The quantitative estimate of drug-likeness (QED) is 0.794. The summed E-state index contributed by atoms with van der Waals surface area (Å²) in [5.41, 5.74) is -0.0812. The first kappa shape index (κ1) is 12.9. The smallest absolute Gasteiger partial charge is 0.220 e. The predicted octanol–water partition coefficient (Wildman–Crippen LogP) is 2.38. The van der Waals surface area contributed by atoms with Gasteiger partial charge in [-0.15, -0.1) is 0 Å². The van der Waals surface area contributed by atoms with Crippen LogP contribution in [0.1, 0.15) is 64.7 Å². The number of carbonyl (C=O) groups is 1. The van der Waals surface area contributed by atoms with Gasteiger partial charge in [-0.25, -0.2) is 0 Å². The molecule has 1 heterocycles. The average molecular weight is 239 g/mol. The van der Waals surface area contributed by atoms with Crippen LogP contribution in [-0.2, 0) is 4.79 Å². The van der Waals surface area contributed by atoms with Crippen LogP contribution in [0.2, 0.25) is 0 Å². The van der Waals surface area contributed by atoms with Crippen LogP contribution in [0.15, 0.2) is 0 Å². The molecule has 3 nitrogen and oxygen atoms in total. The van der Waals surface area contributed by atoms with E-state index in [0.29, 0.717) is 6.42 Å². The van der Waals surface area contributed by atoms with Gasteiger partial charge >= 0.3 is 0 Å². The molecule has 1 spiro atoms. The molecule has 98 valence electrons. The first-order valence-electron chi connectivity index (χ1n) is 7.17. The number of hydrogen-bond donors (Lipinski definition) is 2. The van der Waals surface area contributed by atoms with Gasteiger partial charge in [-0.3, -0.25) is 4.79 Å². The highest BCUT2D eigenvalue weighted by Crippen LogP contribution is 2.42. The standard InChI is InChI=1S/C14H25NO2/c1-2-3-6-11-12(16)7-4-9-14(11)10-5-8-13(17)15-14/h11-12,16H,2-10H2,1H3,(H,15,17). The molecular weight excluding hydrogens is 214 g/mol. The molecule has 3 atom stereocenters. The third-order valence-electron chi connectivity index (χ3n) is 4.58. The largest absolute Gasteiger partial charge is 0.393 e. The molecule has 3 unspecified atom stereocenters. The molecule has 0 aromatic carbocycles. The van der Waals surface area contributed by atoms with Crippen LogP contribution in [0.4, 0.5) is 0 Å². The molecule has 3 heteroatoms. The van der Waals surface area contributed by atoms with Gasteiger partial charge in [0.25, 0.3) is 0 Å². The second kappa shape index (κ2) is 5.38. The number of amides is 1. The minimum absolute atomic E-state index is 0.0812. The molecular formula is C14H25NO2. The third kappa shape index (κ3) is 2.65. The Labute approximate surface area is 104 Å². The highest BCUT2D eigenvalue weighted by molar-refractivity contribution is 5.77. The number of nitrogens with one attached hydrogen (secondary N) is 1. The predicted molar refractivity (Wildman–Crippen MR) is 67.6 cm³/mol. The number of rotatable bonds is 3. The Balaban J connectivity index is 2.12. The molecule has 0 radical (unpaired) electrons. The van der Waals surface area contributed by atoms with Crippen molar-refractivity contribution < 1.29 is 9.90 Å². The van der Waals surface area contributed by atoms with E-state index in [2.05, 4.69) is 12.2 Å². The highest BCUT2D eigenvalue weighted by Gasteiger charge is 2.46. The summed E-state index contributed by atoms with van der Waals surface area (Å²) >= 11 is 0. The molecule has 0 aromatic heterocycles.